The van der Waals surface area contributed by atoms with Crippen molar-refractivity contribution in [2.24, 2.45) is 11.8 Å². The monoisotopic (exact) mass is 294 g/mol. The first-order chi connectivity index (χ1) is 9.53. The van der Waals surface area contributed by atoms with Crippen LogP contribution >= 0.6 is 11.3 Å². The summed E-state index contributed by atoms with van der Waals surface area (Å²) >= 11 is 1.66. The summed E-state index contributed by atoms with van der Waals surface area (Å²) in [5.74, 6) is 7.04. The lowest BCUT2D eigenvalue weighted by Crippen LogP contribution is -2.17. The van der Waals surface area contributed by atoms with Crippen molar-refractivity contribution in [2.45, 2.75) is 46.6 Å². The molecule has 0 saturated heterocycles. The number of nitrogen functional groups attached to an aromatic ring is 1. The zero-order chi connectivity index (χ0) is 14.7. The second-order valence-electron chi connectivity index (χ2n) is 5.34. The molecule has 110 valence electrons. The van der Waals surface area contributed by atoms with Crippen molar-refractivity contribution in [3.63, 3.8) is 0 Å². The molecule has 3 N–H and O–H groups in total. The first-order valence-electron chi connectivity index (χ1n) is 6.97. The van der Waals surface area contributed by atoms with E-state index in [-0.39, 0.29) is 6.10 Å². The van der Waals surface area contributed by atoms with Crippen LogP contribution in [-0.4, -0.2) is 16.1 Å². The predicted molar refractivity (Wildman–Crippen MR) is 84.1 cm³/mol. The Morgan fingerprint density at radius 2 is 2.10 bits per heavy atom. The predicted octanol–water partition coefficient (Wildman–Crippen LogP) is 3.35. The van der Waals surface area contributed by atoms with Crippen molar-refractivity contribution in [3.8, 4) is 5.88 Å². The number of hydrogen-bond donors (Lipinski definition) is 2. The Hall–Kier alpha value is -1.40. The standard InChI is InChI=1S/C14H22N4OS/c1-5-10-7-11-12(19-9(4)6-8(2)3)16-14(18-15)17-13(11)20-10/h7-9H,5-6,15H2,1-4H3,(H,16,17,18). The average Bonchev–Trinajstić information content (AvgIpc) is 2.80. The largest absolute Gasteiger partial charge is 0.474 e. The van der Waals surface area contributed by atoms with E-state index in [9.17, 15) is 0 Å². The Morgan fingerprint density at radius 1 is 1.35 bits per heavy atom. The summed E-state index contributed by atoms with van der Waals surface area (Å²) in [6.45, 7) is 8.56. The topological polar surface area (TPSA) is 73.1 Å². The third-order valence-corrected chi connectivity index (χ3v) is 4.18. The normalized spacial score (nSPS) is 12.9. The van der Waals surface area contributed by atoms with Crippen molar-refractivity contribution in [3.05, 3.63) is 10.9 Å². The second kappa shape index (κ2) is 6.37. The van der Waals surface area contributed by atoms with Gasteiger partial charge in [-0.05, 0) is 31.7 Å². The molecule has 1 unspecified atom stereocenters. The molecule has 0 fully saturated rings. The van der Waals surface area contributed by atoms with Gasteiger partial charge in [-0.3, -0.25) is 5.43 Å². The zero-order valence-electron chi connectivity index (χ0n) is 12.4. The SMILES string of the molecule is CCc1cc2c(OC(C)CC(C)C)nc(NN)nc2s1. The van der Waals surface area contributed by atoms with Crippen LogP contribution in [0, 0.1) is 5.92 Å². The molecule has 0 saturated carbocycles. The van der Waals surface area contributed by atoms with E-state index in [1.807, 2.05) is 0 Å². The fraction of sp³-hybridized carbons (Fsp3) is 0.571. The summed E-state index contributed by atoms with van der Waals surface area (Å²) in [6.07, 6.45) is 2.08. The van der Waals surface area contributed by atoms with Gasteiger partial charge in [0.15, 0.2) is 0 Å². The first-order valence-corrected chi connectivity index (χ1v) is 7.78. The van der Waals surface area contributed by atoms with Gasteiger partial charge in [-0.15, -0.1) is 11.3 Å². The lowest BCUT2D eigenvalue weighted by atomic mass is 10.1. The second-order valence-corrected chi connectivity index (χ2v) is 6.46. The highest BCUT2D eigenvalue weighted by atomic mass is 32.1. The molecule has 2 rings (SSSR count). The summed E-state index contributed by atoms with van der Waals surface area (Å²) in [7, 11) is 0. The molecule has 0 aliphatic rings. The molecule has 0 bridgehead atoms. The number of ether oxygens (including phenoxy) is 1. The van der Waals surface area contributed by atoms with Crippen LogP contribution in [0.5, 0.6) is 5.88 Å². The van der Waals surface area contributed by atoms with Gasteiger partial charge in [0.05, 0.1) is 11.5 Å². The molecular weight excluding hydrogens is 272 g/mol. The molecule has 2 aromatic heterocycles. The number of hydrazine groups is 1. The van der Waals surface area contributed by atoms with E-state index in [0.29, 0.717) is 17.7 Å². The van der Waals surface area contributed by atoms with E-state index < -0.39 is 0 Å². The summed E-state index contributed by atoms with van der Waals surface area (Å²) in [5, 5.41) is 0.974. The third kappa shape index (κ3) is 3.37. The number of nitrogens with zero attached hydrogens (tertiary/aromatic N) is 2. The Labute approximate surface area is 123 Å². The molecule has 0 aliphatic carbocycles. The maximum atomic E-state index is 6.00. The molecule has 2 heterocycles. The molecule has 0 radical (unpaired) electrons. The molecule has 0 amide bonds. The highest BCUT2D eigenvalue weighted by Gasteiger charge is 2.15. The fourth-order valence-electron chi connectivity index (χ4n) is 2.18. The molecule has 0 aliphatic heterocycles. The fourth-order valence-corrected chi connectivity index (χ4v) is 3.13. The van der Waals surface area contributed by atoms with Crippen LogP contribution in [0.3, 0.4) is 0 Å². The minimum absolute atomic E-state index is 0.115. The maximum Gasteiger partial charge on any atom is 0.241 e. The number of anilines is 1. The Kier molecular flexibility index (Phi) is 4.77. The number of nitrogens with one attached hydrogen (secondary N) is 1. The maximum absolute atomic E-state index is 6.00. The van der Waals surface area contributed by atoms with Crippen molar-refractivity contribution in [1.29, 1.82) is 0 Å². The quantitative estimate of drug-likeness (QED) is 0.631. The number of nitrogens with two attached hydrogens (primary N) is 1. The van der Waals surface area contributed by atoms with Gasteiger partial charge in [0, 0.05) is 4.88 Å². The smallest absolute Gasteiger partial charge is 0.241 e. The number of thiophene rings is 1. The van der Waals surface area contributed by atoms with Crippen LogP contribution in [0.2, 0.25) is 0 Å². The van der Waals surface area contributed by atoms with Gasteiger partial charge < -0.3 is 4.74 Å². The molecule has 2 aromatic rings. The molecule has 0 aromatic carbocycles. The average molecular weight is 294 g/mol. The molecule has 0 spiro atoms. The Balaban J connectivity index is 2.36. The summed E-state index contributed by atoms with van der Waals surface area (Å²) < 4.78 is 6.00. The number of hydrogen-bond acceptors (Lipinski definition) is 6. The van der Waals surface area contributed by atoms with E-state index >= 15 is 0 Å². The number of aryl methyl sites for hydroxylation is 1. The van der Waals surface area contributed by atoms with Crippen LogP contribution in [-0.2, 0) is 6.42 Å². The number of fused-ring (bicyclic) bond motifs is 1. The minimum Gasteiger partial charge on any atom is -0.474 e. The van der Waals surface area contributed by atoms with E-state index in [0.717, 1.165) is 23.1 Å². The van der Waals surface area contributed by atoms with Crippen LogP contribution in [0.15, 0.2) is 6.07 Å². The molecule has 20 heavy (non-hydrogen) atoms. The van der Waals surface area contributed by atoms with Gasteiger partial charge in [-0.1, -0.05) is 20.8 Å². The van der Waals surface area contributed by atoms with Crippen molar-refractivity contribution >= 4 is 27.5 Å². The van der Waals surface area contributed by atoms with E-state index in [1.165, 1.54) is 4.88 Å². The lowest BCUT2D eigenvalue weighted by Gasteiger charge is -2.16. The van der Waals surface area contributed by atoms with Crippen LogP contribution in [0.1, 0.15) is 39.0 Å². The van der Waals surface area contributed by atoms with E-state index in [4.69, 9.17) is 10.6 Å². The van der Waals surface area contributed by atoms with E-state index in [2.05, 4.69) is 49.2 Å². The molecule has 1 atom stereocenters. The van der Waals surface area contributed by atoms with Gasteiger partial charge in [0.2, 0.25) is 11.8 Å². The van der Waals surface area contributed by atoms with Gasteiger partial charge in [0.1, 0.15) is 4.83 Å². The van der Waals surface area contributed by atoms with Gasteiger partial charge >= 0.3 is 0 Å². The van der Waals surface area contributed by atoms with Crippen molar-refractivity contribution < 1.29 is 4.74 Å². The molecule has 6 heteroatoms. The summed E-state index contributed by atoms with van der Waals surface area (Å²) in [5.41, 5.74) is 2.51. The molecular formula is C14H22N4OS. The summed E-state index contributed by atoms with van der Waals surface area (Å²) in [4.78, 5) is 10.9. The Bertz CT molecular complexity index is 582. The van der Waals surface area contributed by atoms with Crippen LogP contribution in [0.25, 0.3) is 10.2 Å². The zero-order valence-corrected chi connectivity index (χ0v) is 13.3. The van der Waals surface area contributed by atoms with Crippen molar-refractivity contribution in [1.82, 2.24) is 9.97 Å². The van der Waals surface area contributed by atoms with E-state index in [1.54, 1.807) is 11.3 Å². The van der Waals surface area contributed by atoms with Crippen molar-refractivity contribution in [2.75, 3.05) is 5.43 Å². The lowest BCUT2D eigenvalue weighted by molar-refractivity contribution is 0.188. The number of aromatic nitrogens is 2. The van der Waals surface area contributed by atoms with Crippen LogP contribution < -0.4 is 16.0 Å². The number of rotatable bonds is 6. The highest BCUT2D eigenvalue weighted by molar-refractivity contribution is 7.18. The summed E-state index contributed by atoms with van der Waals surface area (Å²) in [6, 6.07) is 2.11. The minimum atomic E-state index is 0.115. The van der Waals surface area contributed by atoms with Gasteiger partial charge in [0.25, 0.3) is 0 Å². The van der Waals surface area contributed by atoms with Gasteiger partial charge in [-0.25, -0.2) is 10.8 Å². The first kappa shape index (κ1) is 15.0. The molecule has 5 nitrogen and oxygen atoms in total. The van der Waals surface area contributed by atoms with Crippen LogP contribution in [0.4, 0.5) is 5.95 Å². The third-order valence-electron chi connectivity index (χ3n) is 3.00. The van der Waals surface area contributed by atoms with Gasteiger partial charge in [-0.2, -0.15) is 4.98 Å². The highest BCUT2D eigenvalue weighted by Crippen LogP contribution is 2.32. The Morgan fingerprint density at radius 3 is 2.70 bits per heavy atom.